The van der Waals surface area contributed by atoms with Crippen molar-refractivity contribution in [1.29, 1.82) is 0 Å². The van der Waals surface area contributed by atoms with E-state index in [0.29, 0.717) is 6.42 Å². The molecule has 1 rings (SSSR count). The van der Waals surface area contributed by atoms with E-state index in [0.717, 1.165) is 15.6 Å². The van der Waals surface area contributed by atoms with Gasteiger partial charge in [0.15, 0.2) is 0 Å². The van der Waals surface area contributed by atoms with Crippen molar-refractivity contribution < 1.29 is 9.53 Å². The fourth-order valence-electron chi connectivity index (χ4n) is 1.36. The number of nitrogens with two attached hydrogens (primary N) is 1. The van der Waals surface area contributed by atoms with Crippen molar-refractivity contribution >= 4 is 21.9 Å². The fraction of sp³-hybridized carbons (Fsp3) is 0.364. The summed E-state index contributed by atoms with van der Waals surface area (Å²) < 4.78 is 5.60. The first kappa shape index (κ1) is 12.2. The normalized spacial score (nSPS) is 12.3. The van der Waals surface area contributed by atoms with Crippen molar-refractivity contribution in [2.24, 2.45) is 5.73 Å². The second-order valence-corrected chi connectivity index (χ2v) is 4.32. The molecule has 0 fully saturated rings. The molecule has 0 aliphatic carbocycles. The van der Waals surface area contributed by atoms with Crippen LogP contribution in [0.1, 0.15) is 11.1 Å². The summed E-state index contributed by atoms with van der Waals surface area (Å²) in [6.45, 7) is 1.99. The van der Waals surface area contributed by atoms with Gasteiger partial charge in [-0.15, -0.1) is 0 Å². The maximum Gasteiger partial charge on any atom is 0.322 e. The number of esters is 1. The van der Waals surface area contributed by atoms with Crippen LogP contribution in [0.5, 0.6) is 0 Å². The maximum absolute atomic E-state index is 11.1. The van der Waals surface area contributed by atoms with Gasteiger partial charge in [-0.2, -0.15) is 0 Å². The first-order chi connectivity index (χ1) is 7.04. The molecule has 0 aliphatic rings. The molecular weight excluding hydrogens is 258 g/mol. The number of hydrogen-bond acceptors (Lipinski definition) is 3. The zero-order valence-corrected chi connectivity index (χ0v) is 10.4. The number of ether oxygens (including phenoxy) is 1. The van der Waals surface area contributed by atoms with Gasteiger partial charge in [-0.1, -0.05) is 22.0 Å². The van der Waals surface area contributed by atoms with Gasteiger partial charge in [0.05, 0.1) is 7.11 Å². The molecule has 0 spiro atoms. The number of methoxy groups -OCH3 is 1. The molecule has 0 bridgehead atoms. The van der Waals surface area contributed by atoms with E-state index in [-0.39, 0.29) is 5.97 Å². The molecule has 1 atom stereocenters. The molecule has 3 nitrogen and oxygen atoms in total. The van der Waals surface area contributed by atoms with E-state index in [1.807, 2.05) is 25.1 Å². The molecule has 2 N–H and O–H groups in total. The number of halogens is 1. The van der Waals surface area contributed by atoms with Crippen LogP contribution in [-0.2, 0) is 16.0 Å². The van der Waals surface area contributed by atoms with Crippen molar-refractivity contribution in [3.05, 3.63) is 33.8 Å². The second-order valence-electron chi connectivity index (χ2n) is 3.40. The summed E-state index contributed by atoms with van der Waals surface area (Å²) in [5.41, 5.74) is 7.86. The molecule has 0 heterocycles. The number of carbonyl (C=O) groups is 1. The number of hydrogen-bond donors (Lipinski definition) is 1. The van der Waals surface area contributed by atoms with E-state index < -0.39 is 6.04 Å². The van der Waals surface area contributed by atoms with E-state index in [1.165, 1.54) is 7.11 Å². The Labute approximate surface area is 97.7 Å². The summed E-state index contributed by atoms with van der Waals surface area (Å²) in [6.07, 6.45) is 0.506. The van der Waals surface area contributed by atoms with Crippen LogP contribution >= 0.6 is 15.9 Å². The Balaban J connectivity index is 2.76. The average molecular weight is 272 g/mol. The van der Waals surface area contributed by atoms with E-state index in [4.69, 9.17) is 5.73 Å². The van der Waals surface area contributed by atoms with Gasteiger partial charge in [0, 0.05) is 4.47 Å². The zero-order valence-electron chi connectivity index (χ0n) is 8.79. The van der Waals surface area contributed by atoms with Gasteiger partial charge >= 0.3 is 5.97 Å². The molecule has 82 valence electrons. The highest BCUT2D eigenvalue weighted by Crippen LogP contribution is 2.17. The van der Waals surface area contributed by atoms with Gasteiger partial charge in [0.1, 0.15) is 6.04 Å². The van der Waals surface area contributed by atoms with Crippen LogP contribution in [0.25, 0.3) is 0 Å². The van der Waals surface area contributed by atoms with Crippen molar-refractivity contribution in [2.75, 3.05) is 7.11 Å². The quantitative estimate of drug-likeness (QED) is 0.854. The molecule has 0 aromatic heterocycles. The molecule has 0 amide bonds. The minimum Gasteiger partial charge on any atom is -0.468 e. The highest BCUT2D eigenvalue weighted by atomic mass is 79.9. The number of rotatable bonds is 3. The van der Waals surface area contributed by atoms with Crippen molar-refractivity contribution in [3.63, 3.8) is 0 Å². The smallest absolute Gasteiger partial charge is 0.322 e. The Kier molecular flexibility index (Phi) is 4.29. The predicted octanol–water partition coefficient (Wildman–Crippen LogP) is 1.80. The zero-order chi connectivity index (χ0) is 11.4. The first-order valence-corrected chi connectivity index (χ1v) is 5.42. The fourth-order valence-corrected chi connectivity index (χ4v) is 1.84. The molecule has 15 heavy (non-hydrogen) atoms. The lowest BCUT2D eigenvalue weighted by Crippen LogP contribution is -2.33. The van der Waals surface area contributed by atoms with Crippen LogP contribution in [0.3, 0.4) is 0 Å². The monoisotopic (exact) mass is 271 g/mol. The van der Waals surface area contributed by atoms with E-state index in [2.05, 4.69) is 20.7 Å². The predicted molar refractivity (Wildman–Crippen MR) is 62.6 cm³/mol. The molecule has 1 aromatic rings. The average Bonchev–Trinajstić information content (AvgIpc) is 2.20. The van der Waals surface area contributed by atoms with Gasteiger partial charge in [0.2, 0.25) is 0 Å². The summed E-state index contributed by atoms with van der Waals surface area (Å²) >= 11 is 3.38. The SMILES string of the molecule is COC(=O)C(N)Cc1ccc(Br)cc1C. The van der Waals surface area contributed by atoms with Crippen LogP contribution in [0.2, 0.25) is 0 Å². The number of aryl methyl sites for hydroxylation is 1. The highest BCUT2D eigenvalue weighted by Gasteiger charge is 2.15. The van der Waals surface area contributed by atoms with Crippen LogP contribution in [0.4, 0.5) is 0 Å². The van der Waals surface area contributed by atoms with Gasteiger partial charge in [-0.05, 0) is 36.6 Å². The maximum atomic E-state index is 11.1. The summed E-state index contributed by atoms with van der Waals surface area (Å²) in [5, 5.41) is 0. The Bertz CT molecular complexity index is 366. The van der Waals surface area contributed by atoms with Crippen LogP contribution in [-0.4, -0.2) is 19.1 Å². The van der Waals surface area contributed by atoms with E-state index >= 15 is 0 Å². The Morgan fingerprint density at radius 2 is 2.27 bits per heavy atom. The molecular formula is C11H14BrNO2. The molecule has 0 saturated carbocycles. The third-order valence-corrected chi connectivity index (χ3v) is 2.74. The van der Waals surface area contributed by atoms with Gasteiger partial charge in [0.25, 0.3) is 0 Å². The number of benzene rings is 1. The van der Waals surface area contributed by atoms with E-state index in [1.54, 1.807) is 0 Å². The number of carbonyl (C=O) groups excluding carboxylic acids is 1. The Morgan fingerprint density at radius 1 is 1.60 bits per heavy atom. The van der Waals surface area contributed by atoms with Crippen molar-refractivity contribution in [2.45, 2.75) is 19.4 Å². The molecule has 0 aliphatic heterocycles. The van der Waals surface area contributed by atoms with E-state index in [9.17, 15) is 4.79 Å². The van der Waals surface area contributed by atoms with Crippen LogP contribution in [0.15, 0.2) is 22.7 Å². The van der Waals surface area contributed by atoms with Crippen LogP contribution < -0.4 is 5.73 Å². The lowest BCUT2D eigenvalue weighted by molar-refractivity contribution is -0.142. The van der Waals surface area contributed by atoms with Crippen LogP contribution in [0, 0.1) is 6.92 Å². The van der Waals surface area contributed by atoms with Crippen molar-refractivity contribution in [3.8, 4) is 0 Å². The molecule has 4 heteroatoms. The third-order valence-electron chi connectivity index (χ3n) is 2.25. The van der Waals surface area contributed by atoms with Gasteiger partial charge in [-0.3, -0.25) is 4.79 Å². The Hall–Kier alpha value is -0.870. The summed E-state index contributed by atoms with van der Waals surface area (Å²) in [6, 6.07) is 5.31. The minimum atomic E-state index is -0.588. The standard InChI is InChI=1S/C11H14BrNO2/c1-7-5-9(12)4-3-8(7)6-10(13)11(14)15-2/h3-5,10H,6,13H2,1-2H3. The molecule has 1 aromatic carbocycles. The molecule has 0 saturated heterocycles. The van der Waals surface area contributed by atoms with Gasteiger partial charge < -0.3 is 10.5 Å². The lowest BCUT2D eigenvalue weighted by atomic mass is 10.0. The topological polar surface area (TPSA) is 52.3 Å². The first-order valence-electron chi connectivity index (χ1n) is 4.63. The molecule has 1 unspecified atom stereocenters. The van der Waals surface area contributed by atoms with Crippen molar-refractivity contribution in [1.82, 2.24) is 0 Å². The summed E-state index contributed by atoms with van der Waals surface area (Å²) in [5.74, 6) is -0.377. The Morgan fingerprint density at radius 3 is 2.80 bits per heavy atom. The summed E-state index contributed by atoms with van der Waals surface area (Å²) in [7, 11) is 1.34. The molecule has 0 radical (unpaired) electrons. The highest BCUT2D eigenvalue weighted by molar-refractivity contribution is 9.10. The third kappa shape index (κ3) is 3.32. The second kappa shape index (κ2) is 5.28. The van der Waals surface area contributed by atoms with Gasteiger partial charge in [-0.25, -0.2) is 0 Å². The summed E-state index contributed by atoms with van der Waals surface area (Å²) in [4.78, 5) is 11.1. The lowest BCUT2D eigenvalue weighted by Gasteiger charge is -2.11. The minimum absolute atomic E-state index is 0.377. The largest absolute Gasteiger partial charge is 0.468 e.